The maximum Gasteiger partial charge on any atom is 0.266 e. The second-order valence-electron chi connectivity index (χ2n) is 5.23. The van der Waals surface area contributed by atoms with Crippen molar-refractivity contribution >= 4 is 22.4 Å². The molecular weight excluding hydrogens is 322 g/mol. The second-order valence-corrected chi connectivity index (χ2v) is 6.29. The molecule has 122 valence electrons. The van der Waals surface area contributed by atoms with Gasteiger partial charge in [0.1, 0.15) is 10.8 Å². The SMILES string of the molecule is CC(Oc1ccccc1)C(=O)Nc1nnc(Cc2ccccc2)s1. The van der Waals surface area contributed by atoms with Crippen LogP contribution in [0.2, 0.25) is 0 Å². The number of amides is 1. The lowest BCUT2D eigenvalue weighted by Crippen LogP contribution is -2.30. The summed E-state index contributed by atoms with van der Waals surface area (Å²) in [5, 5.41) is 12.2. The maximum atomic E-state index is 12.2. The molecule has 2 aromatic carbocycles. The number of para-hydroxylation sites is 1. The fourth-order valence-corrected chi connectivity index (χ4v) is 2.89. The van der Waals surface area contributed by atoms with E-state index >= 15 is 0 Å². The summed E-state index contributed by atoms with van der Waals surface area (Å²) in [4.78, 5) is 12.2. The molecule has 1 amide bonds. The van der Waals surface area contributed by atoms with Gasteiger partial charge >= 0.3 is 0 Å². The number of nitrogens with one attached hydrogen (secondary N) is 1. The predicted octanol–water partition coefficient (Wildman–Crippen LogP) is 3.53. The highest BCUT2D eigenvalue weighted by Crippen LogP contribution is 2.19. The Bertz CT molecular complexity index is 790. The van der Waals surface area contributed by atoms with Crippen molar-refractivity contribution in [2.45, 2.75) is 19.4 Å². The van der Waals surface area contributed by atoms with Crippen molar-refractivity contribution in [1.29, 1.82) is 0 Å². The molecule has 0 saturated heterocycles. The molecule has 1 aromatic heterocycles. The Kier molecular flexibility index (Phi) is 5.18. The van der Waals surface area contributed by atoms with Gasteiger partial charge in [0.05, 0.1) is 0 Å². The zero-order valence-corrected chi connectivity index (χ0v) is 14.0. The summed E-state index contributed by atoms with van der Waals surface area (Å²) < 4.78 is 5.60. The first-order chi connectivity index (χ1) is 11.7. The van der Waals surface area contributed by atoms with E-state index in [0.29, 0.717) is 17.3 Å². The lowest BCUT2D eigenvalue weighted by atomic mass is 10.2. The molecule has 0 aliphatic carbocycles. The van der Waals surface area contributed by atoms with Gasteiger partial charge in [0, 0.05) is 6.42 Å². The van der Waals surface area contributed by atoms with E-state index in [1.165, 1.54) is 11.3 Å². The van der Waals surface area contributed by atoms with Crippen LogP contribution in [0.1, 0.15) is 17.5 Å². The highest BCUT2D eigenvalue weighted by molar-refractivity contribution is 7.15. The molecule has 0 aliphatic heterocycles. The van der Waals surface area contributed by atoms with E-state index in [2.05, 4.69) is 15.5 Å². The number of hydrogen-bond acceptors (Lipinski definition) is 5. The molecule has 1 atom stereocenters. The van der Waals surface area contributed by atoms with Crippen LogP contribution in [-0.2, 0) is 11.2 Å². The third-order valence-corrected chi connectivity index (χ3v) is 4.16. The molecule has 0 bridgehead atoms. The Balaban J connectivity index is 1.57. The molecule has 0 radical (unpaired) electrons. The molecule has 0 spiro atoms. The average molecular weight is 339 g/mol. The standard InChI is InChI=1S/C18H17N3O2S/c1-13(23-15-10-6-3-7-11-15)17(22)19-18-21-20-16(24-18)12-14-8-4-2-5-9-14/h2-11,13H,12H2,1H3,(H,19,21,22). The van der Waals surface area contributed by atoms with E-state index in [1.807, 2.05) is 60.7 Å². The van der Waals surface area contributed by atoms with Crippen molar-refractivity contribution in [3.63, 3.8) is 0 Å². The van der Waals surface area contributed by atoms with Crippen molar-refractivity contribution in [2.75, 3.05) is 5.32 Å². The largest absolute Gasteiger partial charge is 0.481 e. The summed E-state index contributed by atoms with van der Waals surface area (Å²) in [5.74, 6) is 0.406. The molecule has 0 saturated carbocycles. The Labute approximate surface area is 144 Å². The van der Waals surface area contributed by atoms with Gasteiger partial charge in [0.2, 0.25) is 5.13 Å². The number of hydrogen-bond donors (Lipinski definition) is 1. The van der Waals surface area contributed by atoms with Crippen LogP contribution in [0.3, 0.4) is 0 Å². The summed E-state index contributed by atoms with van der Waals surface area (Å²) in [5.41, 5.74) is 1.16. The number of aromatic nitrogens is 2. The summed E-state index contributed by atoms with van der Waals surface area (Å²) in [6.45, 7) is 1.70. The first kappa shape index (κ1) is 16.1. The van der Waals surface area contributed by atoms with Gasteiger partial charge in [-0.15, -0.1) is 10.2 Å². The highest BCUT2D eigenvalue weighted by atomic mass is 32.1. The van der Waals surface area contributed by atoms with Crippen LogP contribution >= 0.6 is 11.3 Å². The van der Waals surface area contributed by atoms with Crippen LogP contribution in [0.4, 0.5) is 5.13 Å². The quantitative estimate of drug-likeness (QED) is 0.746. The van der Waals surface area contributed by atoms with Crippen LogP contribution in [0.25, 0.3) is 0 Å². The third-order valence-electron chi connectivity index (χ3n) is 3.32. The van der Waals surface area contributed by atoms with Crippen LogP contribution in [0, 0.1) is 0 Å². The van der Waals surface area contributed by atoms with E-state index in [-0.39, 0.29) is 5.91 Å². The van der Waals surface area contributed by atoms with E-state index in [4.69, 9.17) is 4.74 Å². The minimum atomic E-state index is -0.617. The van der Waals surface area contributed by atoms with Gasteiger partial charge in [-0.2, -0.15) is 0 Å². The molecule has 3 rings (SSSR count). The number of ether oxygens (including phenoxy) is 1. The molecule has 24 heavy (non-hydrogen) atoms. The Morgan fingerprint density at radius 2 is 1.75 bits per heavy atom. The first-order valence-electron chi connectivity index (χ1n) is 7.59. The molecular formula is C18H17N3O2S. The van der Waals surface area contributed by atoms with Gasteiger partial charge in [-0.05, 0) is 24.6 Å². The monoisotopic (exact) mass is 339 g/mol. The maximum absolute atomic E-state index is 12.2. The number of anilines is 1. The minimum absolute atomic E-state index is 0.249. The van der Waals surface area contributed by atoms with Crippen molar-refractivity contribution in [1.82, 2.24) is 10.2 Å². The van der Waals surface area contributed by atoms with Crippen LogP contribution in [0.15, 0.2) is 60.7 Å². The predicted molar refractivity (Wildman–Crippen MR) is 94.3 cm³/mol. The van der Waals surface area contributed by atoms with Gasteiger partial charge in [-0.1, -0.05) is 59.9 Å². The van der Waals surface area contributed by atoms with Crippen LogP contribution < -0.4 is 10.1 Å². The number of carbonyl (C=O) groups is 1. The number of carbonyl (C=O) groups excluding carboxylic acids is 1. The van der Waals surface area contributed by atoms with E-state index in [9.17, 15) is 4.79 Å². The average Bonchev–Trinajstić information content (AvgIpc) is 3.03. The molecule has 5 nitrogen and oxygen atoms in total. The van der Waals surface area contributed by atoms with Gasteiger partial charge in [-0.25, -0.2) is 0 Å². The normalized spacial score (nSPS) is 11.7. The molecule has 0 aliphatic rings. The van der Waals surface area contributed by atoms with Gasteiger partial charge < -0.3 is 4.74 Å². The summed E-state index contributed by atoms with van der Waals surface area (Å²) in [6, 6.07) is 19.3. The lowest BCUT2D eigenvalue weighted by Gasteiger charge is -2.13. The third kappa shape index (κ3) is 4.39. The number of nitrogens with zero attached hydrogens (tertiary/aromatic N) is 2. The summed E-state index contributed by atoms with van der Waals surface area (Å²) in [7, 11) is 0. The lowest BCUT2D eigenvalue weighted by molar-refractivity contribution is -0.122. The van der Waals surface area contributed by atoms with Crippen molar-refractivity contribution in [3.05, 3.63) is 71.2 Å². The van der Waals surface area contributed by atoms with E-state index < -0.39 is 6.10 Å². The van der Waals surface area contributed by atoms with Gasteiger partial charge in [0.15, 0.2) is 6.10 Å². The van der Waals surface area contributed by atoms with Gasteiger partial charge in [0.25, 0.3) is 5.91 Å². The molecule has 1 unspecified atom stereocenters. The van der Waals surface area contributed by atoms with E-state index in [0.717, 1.165) is 10.6 Å². The van der Waals surface area contributed by atoms with Crippen molar-refractivity contribution in [2.24, 2.45) is 0 Å². The topological polar surface area (TPSA) is 64.1 Å². The zero-order chi connectivity index (χ0) is 16.8. The van der Waals surface area contributed by atoms with Crippen molar-refractivity contribution in [3.8, 4) is 5.75 Å². The second kappa shape index (κ2) is 7.70. The Morgan fingerprint density at radius 3 is 2.46 bits per heavy atom. The number of rotatable bonds is 6. The Hall–Kier alpha value is -2.73. The highest BCUT2D eigenvalue weighted by Gasteiger charge is 2.17. The summed E-state index contributed by atoms with van der Waals surface area (Å²) >= 11 is 1.37. The number of benzene rings is 2. The van der Waals surface area contributed by atoms with E-state index in [1.54, 1.807) is 6.92 Å². The molecule has 1 N–H and O–H groups in total. The first-order valence-corrected chi connectivity index (χ1v) is 8.41. The Morgan fingerprint density at radius 1 is 1.08 bits per heavy atom. The molecule has 1 heterocycles. The smallest absolute Gasteiger partial charge is 0.266 e. The van der Waals surface area contributed by atoms with Gasteiger partial charge in [-0.3, -0.25) is 10.1 Å². The molecule has 6 heteroatoms. The fraction of sp³-hybridized carbons (Fsp3) is 0.167. The van der Waals surface area contributed by atoms with Crippen LogP contribution in [0.5, 0.6) is 5.75 Å². The van der Waals surface area contributed by atoms with Crippen LogP contribution in [-0.4, -0.2) is 22.2 Å². The van der Waals surface area contributed by atoms with Crippen molar-refractivity contribution < 1.29 is 9.53 Å². The summed E-state index contributed by atoms with van der Waals surface area (Å²) in [6.07, 6.45) is 0.0821. The fourth-order valence-electron chi connectivity index (χ4n) is 2.11. The minimum Gasteiger partial charge on any atom is -0.481 e. The molecule has 3 aromatic rings. The molecule has 0 fully saturated rings. The zero-order valence-electron chi connectivity index (χ0n) is 13.2.